The van der Waals surface area contributed by atoms with Crippen molar-refractivity contribution in [3.05, 3.63) is 58.4 Å². The first kappa shape index (κ1) is 16.8. The first-order valence-corrected chi connectivity index (χ1v) is 7.22. The van der Waals surface area contributed by atoms with Gasteiger partial charge >= 0.3 is 12.0 Å². The van der Waals surface area contributed by atoms with Crippen LogP contribution >= 0.6 is 11.6 Å². The van der Waals surface area contributed by atoms with Gasteiger partial charge in [-0.2, -0.15) is 0 Å². The molecule has 0 aliphatic heterocycles. The molecule has 2 amide bonds. The predicted octanol–water partition coefficient (Wildman–Crippen LogP) is 3.15. The lowest BCUT2D eigenvalue weighted by molar-refractivity contribution is 0.0600. The molecule has 7 heteroatoms. The average molecular weight is 334 g/mol. The minimum atomic E-state index is -0.488. The number of urea groups is 1. The molecule has 23 heavy (non-hydrogen) atoms. The van der Waals surface area contributed by atoms with Crippen LogP contribution in [-0.4, -0.2) is 24.1 Å². The van der Waals surface area contributed by atoms with Crippen molar-refractivity contribution < 1.29 is 14.3 Å². The summed E-state index contributed by atoms with van der Waals surface area (Å²) in [7, 11) is 1.30. The summed E-state index contributed by atoms with van der Waals surface area (Å²) in [5.41, 5.74) is 2.13. The van der Waals surface area contributed by atoms with E-state index >= 15 is 0 Å². The number of benzene rings is 1. The highest BCUT2D eigenvalue weighted by Gasteiger charge is 2.16. The van der Waals surface area contributed by atoms with Crippen molar-refractivity contribution in [2.24, 2.45) is 0 Å². The van der Waals surface area contributed by atoms with E-state index in [1.165, 1.54) is 13.2 Å². The maximum absolute atomic E-state index is 12.0. The first-order valence-electron chi connectivity index (χ1n) is 6.84. The van der Waals surface area contributed by atoms with Gasteiger partial charge in [-0.05, 0) is 36.2 Å². The van der Waals surface area contributed by atoms with Crippen molar-refractivity contribution in [3.8, 4) is 0 Å². The summed E-state index contributed by atoms with van der Waals surface area (Å²) in [5, 5.41) is 5.70. The number of esters is 1. The summed E-state index contributed by atoms with van der Waals surface area (Å²) in [6.07, 6.45) is 3.32. The van der Waals surface area contributed by atoms with E-state index in [0.717, 1.165) is 5.56 Å². The molecule has 2 aromatic rings. The van der Waals surface area contributed by atoms with Gasteiger partial charge in [0.05, 0.1) is 23.4 Å². The molecule has 2 rings (SSSR count). The Hall–Kier alpha value is -2.60. The molecule has 0 saturated heterocycles. The van der Waals surface area contributed by atoms with E-state index in [2.05, 4.69) is 15.6 Å². The number of hydrogen-bond donors (Lipinski definition) is 2. The van der Waals surface area contributed by atoms with Crippen molar-refractivity contribution >= 4 is 29.3 Å². The molecule has 1 aromatic heterocycles. The number of nitrogens with zero attached hydrogens (tertiary/aromatic N) is 1. The molecule has 0 aliphatic carbocycles. The minimum Gasteiger partial charge on any atom is -0.465 e. The summed E-state index contributed by atoms with van der Waals surface area (Å²) < 4.78 is 4.70. The summed E-state index contributed by atoms with van der Waals surface area (Å²) in [4.78, 5) is 27.7. The third-order valence-electron chi connectivity index (χ3n) is 3.23. The van der Waals surface area contributed by atoms with Crippen LogP contribution in [0.3, 0.4) is 0 Å². The molecular formula is C16H16ClN3O3. The predicted molar refractivity (Wildman–Crippen MR) is 87.6 cm³/mol. The number of anilines is 1. The van der Waals surface area contributed by atoms with Crippen LogP contribution in [0.4, 0.5) is 10.5 Å². The van der Waals surface area contributed by atoms with Crippen molar-refractivity contribution in [1.29, 1.82) is 0 Å². The molecule has 0 aliphatic rings. The molecule has 0 spiro atoms. The van der Waals surface area contributed by atoms with Crippen molar-refractivity contribution in [3.63, 3.8) is 0 Å². The normalized spacial score (nSPS) is 10.0. The van der Waals surface area contributed by atoms with E-state index in [1.54, 1.807) is 31.5 Å². The van der Waals surface area contributed by atoms with E-state index in [1.807, 2.05) is 6.07 Å². The van der Waals surface area contributed by atoms with Crippen molar-refractivity contribution in [2.75, 3.05) is 12.4 Å². The monoisotopic (exact) mass is 333 g/mol. The second kappa shape index (κ2) is 7.60. The van der Waals surface area contributed by atoms with E-state index < -0.39 is 12.0 Å². The zero-order valence-electron chi connectivity index (χ0n) is 12.7. The summed E-state index contributed by atoms with van der Waals surface area (Å²) in [5.74, 6) is -0.488. The fourth-order valence-electron chi connectivity index (χ4n) is 2.01. The molecule has 0 bridgehead atoms. The van der Waals surface area contributed by atoms with Crippen LogP contribution in [0.15, 0.2) is 36.7 Å². The van der Waals surface area contributed by atoms with Crippen LogP contribution in [0, 0.1) is 6.92 Å². The first-order chi connectivity index (χ1) is 11.0. The highest BCUT2D eigenvalue weighted by molar-refractivity contribution is 6.34. The standard InChI is InChI=1S/C16H16ClN3O3/c1-10-12(15(21)23-2)5-6-13(17)14(10)20-16(22)19-9-11-4-3-7-18-8-11/h3-8H,9H2,1-2H3,(H2,19,20,22). The molecule has 6 nitrogen and oxygen atoms in total. The SMILES string of the molecule is COC(=O)c1ccc(Cl)c(NC(=O)NCc2cccnc2)c1C. The van der Waals surface area contributed by atoms with Gasteiger partial charge in [-0.3, -0.25) is 4.98 Å². The fraction of sp³-hybridized carbons (Fsp3) is 0.188. The van der Waals surface area contributed by atoms with Gasteiger partial charge in [-0.25, -0.2) is 9.59 Å². The van der Waals surface area contributed by atoms with Crippen molar-refractivity contribution in [1.82, 2.24) is 10.3 Å². The fourth-order valence-corrected chi connectivity index (χ4v) is 2.26. The summed E-state index contributed by atoms with van der Waals surface area (Å²) in [6, 6.07) is 6.31. The van der Waals surface area contributed by atoms with Gasteiger partial charge in [-0.15, -0.1) is 0 Å². The lowest BCUT2D eigenvalue weighted by Gasteiger charge is -2.14. The van der Waals surface area contributed by atoms with Crippen LogP contribution in [0.2, 0.25) is 5.02 Å². The maximum Gasteiger partial charge on any atom is 0.338 e. The number of aromatic nitrogens is 1. The van der Waals surface area contributed by atoms with Crippen molar-refractivity contribution in [2.45, 2.75) is 13.5 Å². The Labute approximate surface area is 138 Å². The van der Waals surface area contributed by atoms with Gasteiger partial charge < -0.3 is 15.4 Å². The number of methoxy groups -OCH3 is 1. The third kappa shape index (κ3) is 4.20. The van der Waals surface area contributed by atoms with Gasteiger partial charge in [0.2, 0.25) is 0 Å². The molecule has 2 N–H and O–H groups in total. The molecular weight excluding hydrogens is 318 g/mol. The van der Waals surface area contributed by atoms with E-state index in [0.29, 0.717) is 28.4 Å². The van der Waals surface area contributed by atoms with Crippen LogP contribution in [0.1, 0.15) is 21.5 Å². The Balaban J connectivity index is 2.10. The van der Waals surface area contributed by atoms with Gasteiger partial charge in [0, 0.05) is 18.9 Å². The Bertz CT molecular complexity index is 720. The number of ether oxygens (including phenoxy) is 1. The Morgan fingerprint density at radius 2 is 2.09 bits per heavy atom. The molecule has 0 radical (unpaired) electrons. The molecule has 1 aromatic carbocycles. The summed E-state index contributed by atoms with van der Waals surface area (Å²) in [6.45, 7) is 2.02. The number of rotatable bonds is 4. The number of pyridine rings is 1. The number of nitrogens with one attached hydrogen (secondary N) is 2. The lowest BCUT2D eigenvalue weighted by Crippen LogP contribution is -2.28. The quantitative estimate of drug-likeness (QED) is 0.842. The van der Waals surface area contributed by atoms with E-state index in [4.69, 9.17) is 16.3 Å². The van der Waals surface area contributed by atoms with Crippen LogP contribution in [0.25, 0.3) is 0 Å². The highest BCUT2D eigenvalue weighted by atomic mass is 35.5. The van der Waals surface area contributed by atoms with Gasteiger partial charge in [0.25, 0.3) is 0 Å². The highest BCUT2D eigenvalue weighted by Crippen LogP contribution is 2.28. The topological polar surface area (TPSA) is 80.3 Å². The molecule has 1 heterocycles. The van der Waals surface area contributed by atoms with Gasteiger partial charge in [-0.1, -0.05) is 17.7 Å². The summed E-state index contributed by atoms with van der Waals surface area (Å²) >= 11 is 6.11. The molecule has 120 valence electrons. The number of halogens is 1. The minimum absolute atomic E-state index is 0.326. The van der Waals surface area contributed by atoms with Gasteiger partial charge in [0.1, 0.15) is 0 Å². The van der Waals surface area contributed by atoms with Crippen LogP contribution in [0.5, 0.6) is 0 Å². The smallest absolute Gasteiger partial charge is 0.338 e. The number of carbonyl (C=O) groups excluding carboxylic acids is 2. The zero-order chi connectivity index (χ0) is 16.8. The number of amides is 2. The Kier molecular flexibility index (Phi) is 5.54. The maximum atomic E-state index is 12.0. The number of carbonyl (C=O) groups is 2. The van der Waals surface area contributed by atoms with Crippen LogP contribution in [-0.2, 0) is 11.3 Å². The zero-order valence-corrected chi connectivity index (χ0v) is 13.5. The molecule has 0 fully saturated rings. The largest absolute Gasteiger partial charge is 0.465 e. The second-order valence-electron chi connectivity index (χ2n) is 4.76. The lowest BCUT2D eigenvalue weighted by atomic mass is 10.1. The second-order valence-corrected chi connectivity index (χ2v) is 5.16. The van der Waals surface area contributed by atoms with E-state index in [-0.39, 0.29) is 0 Å². The van der Waals surface area contributed by atoms with E-state index in [9.17, 15) is 9.59 Å². The number of hydrogen-bond acceptors (Lipinski definition) is 4. The Morgan fingerprint density at radius 1 is 1.30 bits per heavy atom. The molecule has 0 atom stereocenters. The van der Waals surface area contributed by atoms with Crippen LogP contribution < -0.4 is 10.6 Å². The Morgan fingerprint density at radius 3 is 2.74 bits per heavy atom. The molecule has 0 unspecified atom stereocenters. The third-order valence-corrected chi connectivity index (χ3v) is 3.55. The average Bonchev–Trinajstić information content (AvgIpc) is 2.57. The van der Waals surface area contributed by atoms with Gasteiger partial charge in [0.15, 0.2) is 0 Å². The molecule has 0 saturated carbocycles.